The highest BCUT2D eigenvalue weighted by molar-refractivity contribution is 7.90. The van der Waals surface area contributed by atoms with Crippen LogP contribution in [0.3, 0.4) is 0 Å². The van der Waals surface area contributed by atoms with E-state index in [0.717, 1.165) is 12.3 Å². The van der Waals surface area contributed by atoms with Crippen molar-refractivity contribution in [3.63, 3.8) is 0 Å². The van der Waals surface area contributed by atoms with Gasteiger partial charge in [0.25, 0.3) is 0 Å². The lowest BCUT2D eigenvalue weighted by Gasteiger charge is -2.08. The molecule has 0 saturated heterocycles. The van der Waals surface area contributed by atoms with Gasteiger partial charge in [-0.15, -0.1) is 0 Å². The van der Waals surface area contributed by atoms with E-state index in [1.165, 1.54) is 24.3 Å². The number of rotatable bonds is 3. The molecule has 2 aromatic rings. The van der Waals surface area contributed by atoms with Gasteiger partial charge in [-0.2, -0.15) is 5.26 Å². The van der Waals surface area contributed by atoms with Gasteiger partial charge in [0.1, 0.15) is 11.9 Å². The third-order valence-corrected chi connectivity index (χ3v) is 3.79. The summed E-state index contributed by atoms with van der Waals surface area (Å²) >= 11 is 0. The van der Waals surface area contributed by atoms with E-state index in [1.54, 1.807) is 12.1 Å². The number of anilines is 2. The normalized spacial score (nSPS) is 10.8. The van der Waals surface area contributed by atoms with Crippen molar-refractivity contribution in [2.75, 3.05) is 11.6 Å². The van der Waals surface area contributed by atoms with Gasteiger partial charge in [-0.05, 0) is 42.5 Å². The molecule has 20 heavy (non-hydrogen) atoms. The number of nitrogens with zero attached hydrogens (tertiary/aromatic N) is 1. The van der Waals surface area contributed by atoms with Crippen LogP contribution >= 0.6 is 0 Å². The van der Waals surface area contributed by atoms with Gasteiger partial charge in [-0.3, -0.25) is 0 Å². The van der Waals surface area contributed by atoms with Crippen LogP contribution in [0.2, 0.25) is 0 Å². The Labute approximate surface area is 116 Å². The summed E-state index contributed by atoms with van der Waals surface area (Å²) in [5.74, 6) is -0.487. The molecule has 0 fully saturated rings. The highest BCUT2D eigenvalue weighted by Crippen LogP contribution is 2.22. The van der Waals surface area contributed by atoms with Crippen LogP contribution in [0, 0.1) is 17.1 Å². The molecule has 0 heterocycles. The summed E-state index contributed by atoms with van der Waals surface area (Å²) in [6, 6.07) is 11.8. The van der Waals surface area contributed by atoms with E-state index in [2.05, 4.69) is 5.32 Å². The van der Waals surface area contributed by atoms with E-state index < -0.39 is 15.7 Å². The number of halogens is 1. The smallest absolute Gasteiger partial charge is 0.175 e. The number of nitriles is 1. The summed E-state index contributed by atoms with van der Waals surface area (Å²) in [7, 11) is -3.24. The molecule has 0 aromatic heterocycles. The number of benzene rings is 2. The number of sulfone groups is 1. The van der Waals surface area contributed by atoms with Crippen LogP contribution in [-0.2, 0) is 9.84 Å². The molecule has 0 atom stereocenters. The third-order valence-electron chi connectivity index (χ3n) is 2.66. The summed E-state index contributed by atoms with van der Waals surface area (Å²) in [4.78, 5) is 0.211. The largest absolute Gasteiger partial charge is 0.354 e. The molecule has 2 rings (SSSR count). The van der Waals surface area contributed by atoms with Gasteiger partial charge in [-0.25, -0.2) is 12.8 Å². The monoisotopic (exact) mass is 290 g/mol. The SMILES string of the molecule is CS(=O)(=O)c1ccc(Nc2ccc(F)cc2C#N)cc1. The van der Waals surface area contributed by atoms with Crippen LogP contribution in [0.4, 0.5) is 15.8 Å². The summed E-state index contributed by atoms with van der Waals surface area (Å²) in [6.45, 7) is 0. The van der Waals surface area contributed by atoms with Crippen molar-refractivity contribution >= 4 is 21.2 Å². The van der Waals surface area contributed by atoms with Crippen LogP contribution in [0.15, 0.2) is 47.4 Å². The molecule has 0 aliphatic heterocycles. The first-order valence-electron chi connectivity index (χ1n) is 5.67. The molecule has 0 bridgehead atoms. The molecule has 0 aliphatic rings. The van der Waals surface area contributed by atoms with Crippen molar-refractivity contribution in [2.45, 2.75) is 4.90 Å². The summed E-state index contributed by atoms with van der Waals surface area (Å²) in [6.07, 6.45) is 1.13. The average Bonchev–Trinajstić information content (AvgIpc) is 2.40. The van der Waals surface area contributed by atoms with E-state index >= 15 is 0 Å². The van der Waals surface area contributed by atoms with Crippen molar-refractivity contribution in [3.05, 3.63) is 53.8 Å². The second kappa shape index (κ2) is 5.31. The lowest BCUT2D eigenvalue weighted by Crippen LogP contribution is -1.98. The molecule has 1 N–H and O–H groups in total. The summed E-state index contributed by atoms with van der Waals surface area (Å²) in [5.41, 5.74) is 1.25. The predicted molar refractivity (Wildman–Crippen MR) is 73.9 cm³/mol. The van der Waals surface area contributed by atoms with Crippen molar-refractivity contribution in [3.8, 4) is 6.07 Å². The maximum Gasteiger partial charge on any atom is 0.175 e. The van der Waals surface area contributed by atoms with E-state index in [4.69, 9.17) is 5.26 Å². The molecule has 0 unspecified atom stereocenters. The van der Waals surface area contributed by atoms with Gasteiger partial charge in [-0.1, -0.05) is 0 Å². The molecule has 0 saturated carbocycles. The lowest BCUT2D eigenvalue weighted by molar-refractivity contribution is 0.602. The molecule has 0 radical (unpaired) electrons. The van der Waals surface area contributed by atoms with Crippen LogP contribution in [0.5, 0.6) is 0 Å². The fraction of sp³-hybridized carbons (Fsp3) is 0.0714. The zero-order valence-electron chi connectivity index (χ0n) is 10.6. The maximum atomic E-state index is 13.0. The van der Waals surface area contributed by atoms with Crippen LogP contribution in [0.25, 0.3) is 0 Å². The average molecular weight is 290 g/mol. The number of hydrogen-bond donors (Lipinski definition) is 1. The first-order chi connectivity index (χ1) is 9.40. The van der Waals surface area contributed by atoms with Gasteiger partial charge in [0, 0.05) is 11.9 Å². The molecule has 2 aromatic carbocycles. The van der Waals surface area contributed by atoms with Gasteiger partial charge < -0.3 is 5.32 Å². The Hall–Kier alpha value is -2.39. The Morgan fingerprint density at radius 3 is 2.35 bits per heavy atom. The molecule has 0 amide bonds. The molecule has 6 heteroatoms. The molecule has 0 spiro atoms. The Kier molecular flexibility index (Phi) is 3.72. The Morgan fingerprint density at radius 1 is 1.15 bits per heavy atom. The topological polar surface area (TPSA) is 70.0 Å². The molecular weight excluding hydrogens is 279 g/mol. The molecule has 102 valence electrons. The van der Waals surface area contributed by atoms with Gasteiger partial charge in [0.2, 0.25) is 0 Å². The first kappa shape index (κ1) is 14.0. The van der Waals surface area contributed by atoms with Crippen LogP contribution < -0.4 is 5.32 Å². The minimum atomic E-state index is -3.24. The second-order valence-electron chi connectivity index (χ2n) is 4.22. The van der Waals surface area contributed by atoms with Crippen LogP contribution in [-0.4, -0.2) is 14.7 Å². The Bertz CT molecular complexity index is 778. The zero-order chi connectivity index (χ0) is 14.8. The lowest BCUT2D eigenvalue weighted by atomic mass is 10.2. The van der Waals surface area contributed by atoms with E-state index in [-0.39, 0.29) is 10.5 Å². The molecule has 4 nitrogen and oxygen atoms in total. The number of hydrogen-bond acceptors (Lipinski definition) is 4. The van der Waals surface area contributed by atoms with Crippen molar-refractivity contribution in [2.24, 2.45) is 0 Å². The molecular formula is C14H11FN2O2S. The van der Waals surface area contributed by atoms with E-state index in [0.29, 0.717) is 11.4 Å². The molecule has 0 aliphatic carbocycles. The van der Waals surface area contributed by atoms with E-state index in [1.807, 2.05) is 6.07 Å². The highest BCUT2D eigenvalue weighted by atomic mass is 32.2. The maximum absolute atomic E-state index is 13.0. The highest BCUT2D eigenvalue weighted by Gasteiger charge is 2.07. The standard InChI is InChI=1S/C14H11FN2O2S/c1-20(18,19)13-5-3-12(4-6-13)17-14-7-2-11(15)8-10(14)9-16/h2-8,17H,1H3. The van der Waals surface area contributed by atoms with Gasteiger partial charge in [0.05, 0.1) is 16.1 Å². The van der Waals surface area contributed by atoms with Gasteiger partial charge >= 0.3 is 0 Å². The summed E-state index contributed by atoms with van der Waals surface area (Å²) < 4.78 is 35.7. The van der Waals surface area contributed by atoms with Crippen molar-refractivity contribution in [1.82, 2.24) is 0 Å². The fourth-order valence-electron chi connectivity index (χ4n) is 1.66. The Balaban J connectivity index is 2.30. The quantitative estimate of drug-likeness (QED) is 0.943. The third kappa shape index (κ3) is 3.13. The van der Waals surface area contributed by atoms with Gasteiger partial charge in [0.15, 0.2) is 9.84 Å². The predicted octanol–water partition coefficient (Wildman–Crippen LogP) is 2.84. The fourth-order valence-corrected chi connectivity index (χ4v) is 2.29. The minimum absolute atomic E-state index is 0.178. The Morgan fingerprint density at radius 2 is 1.80 bits per heavy atom. The number of nitrogens with one attached hydrogen (secondary N) is 1. The van der Waals surface area contributed by atoms with Crippen LogP contribution in [0.1, 0.15) is 5.56 Å². The van der Waals surface area contributed by atoms with E-state index in [9.17, 15) is 12.8 Å². The first-order valence-corrected chi connectivity index (χ1v) is 7.56. The minimum Gasteiger partial charge on any atom is -0.354 e. The summed E-state index contributed by atoms with van der Waals surface area (Å²) in [5, 5.41) is 11.9. The second-order valence-corrected chi connectivity index (χ2v) is 6.24. The van der Waals surface area contributed by atoms with Crippen molar-refractivity contribution < 1.29 is 12.8 Å². The zero-order valence-corrected chi connectivity index (χ0v) is 11.4. The van der Waals surface area contributed by atoms with Crippen molar-refractivity contribution in [1.29, 1.82) is 5.26 Å².